The zero-order valence-corrected chi connectivity index (χ0v) is 33.4. The summed E-state index contributed by atoms with van der Waals surface area (Å²) in [6.45, 7) is 10.8. The van der Waals surface area contributed by atoms with E-state index in [2.05, 4.69) is 63.5 Å². The smallest absolute Gasteiger partial charge is 0.411 e. The van der Waals surface area contributed by atoms with Gasteiger partial charge in [0.05, 0.1) is 48.1 Å². The molecule has 12 heteroatoms. The van der Waals surface area contributed by atoms with Crippen molar-refractivity contribution in [1.29, 1.82) is 0 Å². The van der Waals surface area contributed by atoms with E-state index in [4.69, 9.17) is 14.5 Å². The van der Waals surface area contributed by atoms with Crippen LogP contribution in [0.2, 0.25) is 0 Å². The molecule has 2 saturated heterocycles. The Labute approximate surface area is 331 Å². The van der Waals surface area contributed by atoms with Crippen LogP contribution in [0.15, 0.2) is 60.8 Å². The van der Waals surface area contributed by atoms with Gasteiger partial charge < -0.3 is 19.4 Å². The van der Waals surface area contributed by atoms with Crippen LogP contribution in [0.4, 0.5) is 18.4 Å². The van der Waals surface area contributed by atoms with Gasteiger partial charge in [-0.1, -0.05) is 42.5 Å². The van der Waals surface area contributed by atoms with Crippen molar-refractivity contribution in [2.75, 3.05) is 13.1 Å². The van der Waals surface area contributed by atoms with Crippen molar-refractivity contribution in [2.24, 2.45) is 5.92 Å². The second kappa shape index (κ2) is 13.7. The molecule has 3 aromatic carbocycles. The molecule has 10 nitrogen and oxygen atoms in total. The number of benzene rings is 3. The average Bonchev–Trinajstić information content (AvgIpc) is 3.96. The number of imidazole rings is 2. The molecule has 2 N–H and O–H groups in total. The van der Waals surface area contributed by atoms with Crippen LogP contribution in [-0.4, -0.2) is 78.6 Å². The Balaban J connectivity index is 0.974. The second-order valence-corrected chi connectivity index (χ2v) is 18.3. The lowest BCUT2D eigenvalue weighted by Crippen LogP contribution is -2.37. The number of carbonyl (C=O) groups is 2. The predicted octanol–water partition coefficient (Wildman–Crippen LogP) is 10.4. The minimum atomic E-state index is -1.15. The largest absolute Gasteiger partial charge is 0.444 e. The number of aromatic nitrogens is 4. The highest BCUT2D eigenvalue weighted by Crippen LogP contribution is 2.56. The minimum Gasteiger partial charge on any atom is -0.444 e. The Morgan fingerprint density at radius 2 is 1.33 bits per heavy atom. The Morgan fingerprint density at radius 1 is 0.737 bits per heavy atom. The number of H-pyrrole nitrogens is 2. The maximum atomic E-state index is 14.7. The maximum Gasteiger partial charge on any atom is 0.411 e. The molecule has 5 aromatic rings. The molecule has 3 fully saturated rings. The lowest BCUT2D eigenvalue weighted by Gasteiger charge is -2.31. The topological polar surface area (TPSA) is 116 Å². The van der Waals surface area contributed by atoms with E-state index in [1.807, 2.05) is 6.07 Å². The van der Waals surface area contributed by atoms with Gasteiger partial charge in [-0.25, -0.2) is 28.3 Å². The van der Waals surface area contributed by atoms with Gasteiger partial charge in [-0.2, -0.15) is 0 Å². The van der Waals surface area contributed by atoms with Gasteiger partial charge in [0.1, 0.15) is 35.2 Å². The minimum absolute atomic E-state index is 0.0197. The molecular formula is C45H50F2N6O4. The van der Waals surface area contributed by atoms with Crippen molar-refractivity contribution in [3.63, 3.8) is 0 Å². The number of ether oxygens (including phenoxy) is 2. The quantitative estimate of drug-likeness (QED) is 0.184. The molecule has 0 radical (unpaired) electrons. The van der Waals surface area contributed by atoms with Crippen LogP contribution in [0.25, 0.3) is 44.5 Å². The summed E-state index contributed by atoms with van der Waals surface area (Å²) in [6.07, 6.45) is 2.16. The van der Waals surface area contributed by atoms with Gasteiger partial charge in [-0.15, -0.1) is 0 Å². The Morgan fingerprint density at radius 3 is 1.95 bits per heavy atom. The number of aromatic amines is 2. The maximum absolute atomic E-state index is 14.7. The number of nitrogens with one attached hydrogen (secondary N) is 2. The van der Waals surface area contributed by atoms with Crippen LogP contribution >= 0.6 is 0 Å². The summed E-state index contributed by atoms with van der Waals surface area (Å²) in [5.74, 6) is 2.28. The van der Waals surface area contributed by atoms with E-state index < -0.39 is 47.8 Å². The molecular weight excluding hydrogens is 727 g/mol. The number of alkyl halides is 2. The highest BCUT2D eigenvalue weighted by Gasteiger charge is 2.43. The number of rotatable bonds is 5. The molecule has 298 valence electrons. The van der Waals surface area contributed by atoms with E-state index in [0.717, 1.165) is 39.8 Å². The number of likely N-dealkylation sites (tertiary alicyclic amines) is 2. The summed E-state index contributed by atoms with van der Waals surface area (Å²) in [6, 6.07) is 18.1. The molecule has 2 aromatic heterocycles. The number of halogens is 2. The number of carbonyl (C=O) groups excluding carboxylic acids is 2. The fourth-order valence-corrected chi connectivity index (χ4v) is 9.26. The molecule has 0 spiro atoms. The SMILES string of the molecule is CC(C)(C)OC(=O)N1C[C@@H](F)C[C@H]1c1ncc(-c2ccc(-c3ccc(-c4ccc5nc([C@@H]6C[C@H](F)CN6C(=O)OC(C)(C)C)[nH]c5c4)c4c3C3CCC3C4)cc2)[nH]1. The van der Waals surface area contributed by atoms with Crippen molar-refractivity contribution in [2.45, 2.75) is 115 Å². The van der Waals surface area contributed by atoms with Crippen LogP contribution in [0, 0.1) is 5.92 Å². The fourth-order valence-electron chi connectivity index (χ4n) is 9.26. The number of hydrogen-bond donors (Lipinski definition) is 2. The van der Waals surface area contributed by atoms with Crippen molar-refractivity contribution in [3.8, 4) is 33.5 Å². The molecule has 4 heterocycles. The van der Waals surface area contributed by atoms with Gasteiger partial charge >= 0.3 is 12.2 Å². The highest BCUT2D eigenvalue weighted by molar-refractivity contribution is 5.86. The van der Waals surface area contributed by atoms with Crippen LogP contribution < -0.4 is 0 Å². The van der Waals surface area contributed by atoms with E-state index in [0.29, 0.717) is 23.5 Å². The van der Waals surface area contributed by atoms with Crippen LogP contribution in [0.1, 0.15) is 108 Å². The Hall–Kier alpha value is -5.26. The van der Waals surface area contributed by atoms with Crippen molar-refractivity contribution >= 4 is 23.2 Å². The standard InChI is InChI=1S/C45H50F2N6O4/c1-44(2,3)56-42(54)52-22-28(46)19-37(52)40-48-21-36(51-40)25-9-7-24(8-10-25)31-15-14-30(33-17-26-11-13-32(26)39(31)33)27-12-16-34-35(18-27)50-41(49-34)38-20-29(47)23-53(38)43(55)57-45(4,5)6/h7-10,12,14-16,18,21,26,28-29,32,37-38H,11,13,17,19-20,22-23H2,1-6H3,(H,48,51)(H,49,50)/t26?,28-,29-,32?,37-,38-/m0/s1. The van der Waals surface area contributed by atoms with Gasteiger partial charge in [0.25, 0.3) is 0 Å². The molecule has 6 atom stereocenters. The van der Waals surface area contributed by atoms with E-state index >= 15 is 0 Å². The first-order valence-electron chi connectivity index (χ1n) is 20.2. The van der Waals surface area contributed by atoms with Crippen molar-refractivity contribution in [1.82, 2.24) is 29.7 Å². The number of amides is 2. The number of fused-ring (bicyclic) bond motifs is 4. The molecule has 4 aliphatic rings. The van der Waals surface area contributed by atoms with Gasteiger partial charge in [0.15, 0.2) is 0 Å². The zero-order chi connectivity index (χ0) is 40.0. The van der Waals surface area contributed by atoms with Crippen LogP contribution in [0.5, 0.6) is 0 Å². The summed E-state index contributed by atoms with van der Waals surface area (Å²) in [5.41, 5.74) is 9.54. The van der Waals surface area contributed by atoms with Crippen molar-refractivity contribution in [3.05, 3.63) is 83.6 Å². The first-order valence-corrected chi connectivity index (χ1v) is 20.2. The highest BCUT2D eigenvalue weighted by atomic mass is 19.1. The molecule has 2 amide bonds. The van der Waals surface area contributed by atoms with E-state index in [9.17, 15) is 18.4 Å². The second-order valence-electron chi connectivity index (χ2n) is 18.3. The van der Waals surface area contributed by atoms with Crippen LogP contribution in [0.3, 0.4) is 0 Å². The summed E-state index contributed by atoms with van der Waals surface area (Å²) >= 11 is 0. The first-order chi connectivity index (χ1) is 27.1. The third-order valence-electron chi connectivity index (χ3n) is 11.9. The molecule has 2 unspecified atom stereocenters. The van der Waals surface area contributed by atoms with Crippen LogP contribution in [-0.2, 0) is 15.9 Å². The molecule has 2 aliphatic heterocycles. The third-order valence-corrected chi connectivity index (χ3v) is 11.9. The van der Waals surface area contributed by atoms with Gasteiger partial charge in [-0.05, 0) is 124 Å². The summed E-state index contributed by atoms with van der Waals surface area (Å²) in [7, 11) is 0. The molecule has 57 heavy (non-hydrogen) atoms. The van der Waals surface area contributed by atoms with Gasteiger partial charge in [0.2, 0.25) is 0 Å². The van der Waals surface area contributed by atoms with Gasteiger partial charge in [0, 0.05) is 12.8 Å². The van der Waals surface area contributed by atoms with Crippen molar-refractivity contribution < 1.29 is 27.8 Å². The number of nitrogens with zero attached hydrogens (tertiary/aromatic N) is 4. The fraction of sp³-hybridized carbons (Fsp3) is 0.467. The van der Waals surface area contributed by atoms with Gasteiger partial charge in [-0.3, -0.25) is 9.80 Å². The monoisotopic (exact) mass is 776 g/mol. The number of hydrogen-bond acceptors (Lipinski definition) is 6. The summed E-state index contributed by atoms with van der Waals surface area (Å²) < 4.78 is 40.5. The lowest BCUT2D eigenvalue weighted by molar-refractivity contribution is 0.0201. The Kier molecular flexibility index (Phi) is 8.97. The van der Waals surface area contributed by atoms with E-state index in [1.54, 1.807) is 47.7 Å². The third kappa shape index (κ3) is 7.05. The molecule has 9 rings (SSSR count). The molecule has 2 aliphatic carbocycles. The van der Waals surface area contributed by atoms with E-state index in [1.165, 1.54) is 44.9 Å². The lowest BCUT2D eigenvalue weighted by atomic mass is 9.73. The molecule has 1 saturated carbocycles. The summed E-state index contributed by atoms with van der Waals surface area (Å²) in [4.78, 5) is 45.0. The first kappa shape index (κ1) is 37.3. The summed E-state index contributed by atoms with van der Waals surface area (Å²) in [5, 5.41) is 0. The normalized spacial score (nSPS) is 24.4. The van der Waals surface area contributed by atoms with E-state index in [-0.39, 0.29) is 25.9 Å². The molecule has 0 bridgehead atoms. The average molecular weight is 777 g/mol. The zero-order valence-electron chi connectivity index (χ0n) is 33.4. The predicted molar refractivity (Wildman–Crippen MR) is 214 cm³/mol. The Bertz CT molecular complexity index is 2360.